The van der Waals surface area contributed by atoms with Gasteiger partial charge >= 0.3 is 0 Å². The second-order valence-electron chi connectivity index (χ2n) is 5.67. The molecule has 0 spiro atoms. The van der Waals surface area contributed by atoms with Crippen LogP contribution in [0.4, 0.5) is 0 Å². The van der Waals surface area contributed by atoms with E-state index in [9.17, 15) is 8.42 Å². The monoisotopic (exact) mass is 404 g/mol. The van der Waals surface area contributed by atoms with Gasteiger partial charge in [-0.1, -0.05) is 30.3 Å². The van der Waals surface area contributed by atoms with Gasteiger partial charge in [-0.25, -0.2) is 18.1 Å². The van der Waals surface area contributed by atoms with Crippen LogP contribution in [0.15, 0.2) is 58.8 Å². The van der Waals surface area contributed by atoms with Crippen LogP contribution < -0.4 is 14.2 Å². The lowest BCUT2D eigenvalue weighted by molar-refractivity contribution is 0.354. The Labute approximate surface area is 162 Å². The minimum Gasteiger partial charge on any atom is -0.493 e. The summed E-state index contributed by atoms with van der Waals surface area (Å²) in [6.45, 7) is 0.259. The summed E-state index contributed by atoms with van der Waals surface area (Å²) in [4.78, 5) is 4.70. The van der Waals surface area contributed by atoms with Crippen LogP contribution in [0, 0.1) is 0 Å². The molecule has 27 heavy (non-hydrogen) atoms. The van der Waals surface area contributed by atoms with E-state index in [0.717, 1.165) is 16.3 Å². The van der Waals surface area contributed by atoms with Crippen molar-refractivity contribution in [3.63, 3.8) is 0 Å². The molecule has 2 aromatic carbocycles. The number of aromatic nitrogens is 1. The van der Waals surface area contributed by atoms with Crippen LogP contribution >= 0.6 is 11.3 Å². The first kappa shape index (κ1) is 19.3. The molecule has 3 aromatic rings. The molecule has 1 aromatic heterocycles. The first-order valence-corrected chi connectivity index (χ1v) is 10.6. The quantitative estimate of drug-likeness (QED) is 0.623. The van der Waals surface area contributed by atoms with Crippen LogP contribution in [-0.2, 0) is 16.4 Å². The second-order valence-corrected chi connectivity index (χ2v) is 8.30. The van der Waals surface area contributed by atoms with E-state index >= 15 is 0 Å². The molecule has 0 bridgehead atoms. The van der Waals surface area contributed by atoms with E-state index < -0.39 is 10.0 Å². The van der Waals surface area contributed by atoms with Crippen molar-refractivity contribution < 1.29 is 17.9 Å². The highest BCUT2D eigenvalue weighted by Crippen LogP contribution is 2.29. The van der Waals surface area contributed by atoms with Gasteiger partial charge in [0.1, 0.15) is 5.01 Å². The van der Waals surface area contributed by atoms with Crippen molar-refractivity contribution in [3.8, 4) is 22.1 Å². The second kappa shape index (κ2) is 8.51. The third kappa shape index (κ3) is 4.65. The number of nitrogens with zero attached hydrogens (tertiary/aromatic N) is 1. The minimum absolute atomic E-state index is 0.128. The normalized spacial score (nSPS) is 11.3. The van der Waals surface area contributed by atoms with Gasteiger partial charge in [-0.15, -0.1) is 11.3 Å². The first-order valence-electron chi connectivity index (χ1n) is 8.25. The minimum atomic E-state index is -3.64. The molecule has 0 aliphatic carbocycles. The van der Waals surface area contributed by atoms with Gasteiger partial charge in [0, 0.05) is 30.0 Å². The van der Waals surface area contributed by atoms with Crippen molar-refractivity contribution in [2.24, 2.45) is 0 Å². The van der Waals surface area contributed by atoms with Crippen LogP contribution in [0.2, 0.25) is 0 Å². The Morgan fingerprint density at radius 2 is 1.78 bits per heavy atom. The van der Waals surface area contributed by atoms with Crippen LogP contribution in [0.3, 0.4) is 0 Å². The summed E-state index contributed by atoms with van der Waals surface area (Å²) in [6, 6.07) is 14.4. The van der Waals surface area contributed by atoms with Crippen molar-refractivity contribution in [1.29, 1.82) is 0 Å². The van der Waals surface area contributed by atoms with E-state index in [2.05, 4.69) is 9.71 Å². The fraction of sp³-hybridized carbons (Fsp3) is 0.211. The average molecular weight is 405 g/mol. The van der Waals surface area contributed by atoms with Crippen molar-refractivity contribution in [3.05, 3.63) is 59.6 Å². The molecular formula is C19H20N2O4S2. The number of benzene rings is 2. The molecule has 0 fully saturated rings. The topological polar surface area (TPSA) is 77.5 Å². The fourth-order valence-corrected chi connectivity index (χ4v) is 4.42. The van der Waals surface area contributed by atoms with Gasteiger partial charge in [-0.2, -0.15) is 0 Å². The Hall–Kier alpha value is -2.42. The zero-order valence-electron chi connectivity index (χ0n) is 15.0. The molecule has 0 saturated heterocycles. The average Bonchev–Trinajstić information content (AvgIpc) is 3.17. The molecule has 0 atom stereocenters. The molecule has 1 heterocycles. The summed E-state index contributed by atoms with van der Waals surface area (Å²) in [5, 5.41) is 2.88. The molecule has 0 radical (unpaired) electrons. The molecule has 0 aliphatic heterocycles. The van der Waals surface area contributed by atoms with Crippen LogP contribution in [-0.4, -0.2) is 34.2 Å². The van der Waals surface area contributed by atoms with Gasteiger partial charge in [0.05, 0.1) is 24.8 Å². The number of thiazole rings is 1. The number of hydrogen-bond acceptors (Lipinski definition) is 6. The van der Waals surface area contributed by atoms with E-state index in [1.54, 1.807) is 17.4 Å². The molecule has 0 unspecified atom stereocenters. The van der Waals surface area contributed by atoms with Gasteiger partial charge in [0.2, 0.25) is 10.0 Å². The Morgan fingerprint density at radius 3 is 2.48 bits per heavy atom. The Morgan fingerprint density at radius 1 is 1.04 bits per heavy atom. The van der Waals surface area contributed by atoms with Crippen molar-refractivity contribution in [1.82, 2.24) is 9.71 Å². The van der Waals surface area contributed by atoms with Crippen molar-refractivity contribution in [2.45, 2.75) is 11.3 Å². The molecule has 0 amide bonds. The van der Waals surface area contributed by atoms with Gasteiger partial charge in [0.15, 0.2) is 11.5 Å². The largest absolute Gasteiger partial charge is 0.493 e. The zero-order chi connectivity index (χ0) is 19.3. The number of nitrogens with one attached hydrogen (secondary N) is 1. The number of sulfonamides is 1. The summed E-state index contributed by atoms with van der Waals surface area (Å²) < 4.78 is 37.9. The molecule has 1 N–H and O–H groups in total. The maximum Gasteiger partial charge on any atom is 0.240 e. The summed E-state index contributed by atoms with van der Waals surface area (Å²) in [5.41, 5.74) is 1.91. The lowest BCUT2D eigenvalue weighted by atomic mass is 10.2. The Kier molecular flexibility index (Phi) is 6.10. The van der Waals surface area contributed by atoms with E-state index in [0.29, 0.717) is 17.9 Å². The highest BCUT2D eigenvalue weighted by molar-refractivity contribution is 7.89. The van der Waals surface area contributed by atoms with Gasteiger partial charge in [0.25, 0.3) is 0 Å². The number of methoxy groups -OCH3 is 2. The predicted molar refractivity (Wildman–Crippen MR) is 106 cm³/mol. The van der Waals surface area contributed by atoms with Crippen LogP contribution in [0.1, 0.15) is 5.69 Å². The third-order valence-corrected chi connectivity index (χ3v) is 6.31. The molecule has 142 valence electrons. The maximum absolute atomic E-state index is 12.5. The SMILES string of the molecule is COc1ccc(S(=O)(=O)NCCc2csc(-c3ccccc3)n2)cc1OC. The maximum atomic E-state index is 12.5. The molecule has 3 rings (SSSR count). The number of hydrogen-bond donors (Lipinski definition) is 1. The van der Waals surface area contributed by atoms with E-state index in [1.165, 1.54) is 26.4 Å². The molecule has 0 aliphatic rings. The van der Waals surface area contributed by atoms with Crippen molar-refractivity contribution in [2.75, 3.05) is 20.8 Å². The lowest BCUT2D eigenvalue weighted by Crippen LogP contribution is -2.26. The highest BCUT2D eigenvalue weighted by Gasteiger charge is 2.17. The molecule has 8 heteroatoms. The highest BCUT2D eigenvalue weighted by atomic mass is 32.2. The summed E-state index contributed by atoms with van der Waals surface area (Å²) in [5.74, 6) is 0.847. The van der Waals surface area contributed by atoms with Gasteiger partial charge in [-0.3, -0.25) is 0 Å². The lowest BCUT2D eigenvalue weighted by Gasteiger charge is -2.10. The molecule has 0 saturated carbocycles. The predicted octanol–water partition coefficient (Wildman–Crippen LogP) is 3.35. The molecular weight excluding hydrogens is 384 g/mol. The van der Waals surface area contributed by atoms with Crippen molar-refractivity contribution >= 4 is 21.4 Å². The summed E-state index contributed by atoms with van der Waals surface area (Å²) in [6.07, 6.45) is 0.510. The summed E-state index contributed by atoms with van der Waals surface area (Å²) in [7, 11) is -0.675. The number of ether oxygens (including phenoxy) is 2. The number of rotatable bonds is 8. The standard InChI is InChI=1S/C19H20N2O4S2/c1-24-17-9-8-16(12-18(17)25-2)27(22,23)20-11-10-15-13-26-19(21-15)14-6-4-3-5-7-14/h3-9,12-13,20H,10-11H2,1-2H3. The summed E-state index contributed by atoms with van der Waals surface area (Å²) >= 11 is 1.55. The fourth-order valence-electron chi connectivity index (χ4n) is 2.52. The van der Waals surface area contributed by atoms with E-state index in [-0.39, 0.29) is 11.4 Å². The van der Waals surface area contributed by atoms with E-state index in [4.69, 9.17) is 9.47 Å². The Balaban J connectivity index is 1.64. The van der Waals surface area contributed by atoms with E-state index in [1.807, 2.05) is 35.7 Å². The van der Waals surface area contributed by atoms with Gasteiger partial charge < -0.3 is 9.47 Å². The smallest absolute Gasteiger partial charge is 0.240 e. The molecule has 6 nitrogen and oxygen atoms in total. The van der Waals surface area contributed by atoms with Crippen LogP contribution in [0.25, 0.3) is 10.6 Å². The first-order chi connectivity index (χ1) is 13.0. The van der Waals surface area contributed by atoms with Gasteiger partial charge in [-0.05, 0) is 12.1 Å². The van der Waals surface area contributed by atoms with Crippen LogP contribution in [0.5, 0.6) is 11.5 Å². The zero-order valence-corrected chi connectivity index (χ0v) is 16.6. The Bertz CT molecular complexity index is 1000. The third-order valence-electron chi connectivity index (χ3n) is 3.91.